The molecule has 1 aliphatic rings. The molecule has 0 aromatic heterocycles. The van der Waals surface area contributed by atoms with Gasteiger partial charge in [-0.2, -0.15) is 0 Å². The van der Waals surface area contributed by atoms with E-state index in [0.29, 0.717) is 0 Å². The molecule has 2 nitrogen and oxygen atoms in total. The maximum absolute atomic E-state index is 6.27. The topological polar surface area (TPSA) is 18.5 Å². The molecule has 3 aromatic carbocycles. The van der Waals surface area contributed by atoms with Crippen LogP contribution in [0.4, 0.5) is 0 Å². The van der Waals surface area contributed by atoms with Crippen molar-refractivity contribution < 1.29 is 9.31 Å². The van der Waals surface area contributed by atoms with Gasteiger partial charge in [0.25, 0.3) is 0 Å². The second-order valence-corrected chi connectivity index (χ2v) is 8.66. The third-order valence-electron chi connectivity index (χ3n) is 5.73. The van der Waals surface area contributed by atoms with Gasteiger partial charge >= 0.3 is 7.12 Å². The van der Waals surface area contributed by atoms with Crippen LogP contribution in [0.2, 0.25) is 0 Å². The molecule has 0 bridgehead atoms. The van der Waals surface area contributed by atoms with Crippen LogP contribution in [0.3, 0.4) is 0 Å². The van der Waals surface area contributed by atoms with Crippen LogP contribution in [0, 0.1) is 23.7 Å². The van der Waals surface area contributed by atoms with Crippen LogP contribution in [0.1, 0.15) is 49.9 Å². The molecule has 1 saturated heterocycles. The molecule has 0 atom stereocenters. The Kier molecular flexibility index (Phi) is 5.75. The molecular weight excluding hydrogens is 379 g/mol. The minimum Gasteiger partial charge on any atom is -0.399 e. The standard InChI is InChI=1S/C28H25BO2/c1-27(2)28(3,4)31-29(30-27)26-20-24(17-15-22-11-7-5-8-12-22)19-25(21-26)18-16-23-13-9-6-10-14-23/h5-14,19-21H,1-4H3. The van der Waals surface area contributed by atoms with E-state index < -0.39 is 18.3 Å². The Hall–Kier alpha value is -3.24. The number of hydrogen-bond donors (Lipinski definition) is 0. The van der Waals surface area contributed by atoms with Crippen LogP contribution in [-0.4, -0.2) is 18.3 Å². The van der Waals surface area contributed by atoms with E-state index in [4.69, 9.17) is 9.31 Å². The van der Waals surface area contributed by atoms with E-state index in [1.807, 2.05) is 78.9 Å². The molecule has 0 amide bonds. The van der Waals surface area contributed by atoms with Crippen molar-refractivity contribution >= 4 is 12.6 Å². The molecule has 4 rings (SSSR count). The molecule has 31 heavy (non-hydrogen) atoms. The van der Waals surface area contributed by atoms with Crippen LogP contribution in [0.15, 0.2) is 78.9 Å². The molecule has 0 radical (unpaired) electrons. The van der Waals surface area contributed by atoms with Gasteiger partial charge in [0.1, 0.15) is 0 Å². The lowest BCUT2D eigenvalue weighted by Gasteiger charge is -2.32. The average molecular weight is 404 g/mol. The molecule has 0 unspecified atom stereocenters. The minimum absolute atomic E-state index is 0.404. The highest BCUT2D eigenvalue weighted by Gasteiger charge is 2.51. The van der Waals surface area contributed by atoms with Gasteiger partial charge in [0.15, 0.2) is 0 Å². The first kappa shape index (κ1) is 21.0. The molecule has 1 heterocycles. The molecule has 3 heteroatoms. The van der Waals surface area contributed by atoms with E-state index in [1.54, 1.807) is 0 Å². The Labute approximate surface area is 185 Å². The van der Waals surface area contributed by atoms with Crippen molar-refractivity contribution in [2.75, 3.05) is 0 Å². The molecule has 0 saturated carbocycles. The van der Waals surface area contributed by atoms with Crippen molar-refractivity contribution in [2.24, 2.45) is 0 Å². The highest BCUT2D eigenvalue weighted by molar-refractivity contribution is 6.62. The fraction of sp³-hybridized carbons (Fsp3) is 0.214. The van der Waals surface area contributed by atoms with Crippen LogP contribution in [0.5, 0.6) is 0 Å². The monoisotopic (exact) mass is 404 g/mol. The second kappa shape index (κ2) is 8.48. The first-order valence-corrected chi connectivity index (χ1v) is 10.5. The van der Waals surface area contributed by atoms with Gasteiger partial charge in [0, 0.05) is 22.3 Å². The van der Waals surface area contributed by atoms with Crippen LogP contribution in [-0.2, 0) is 9.31 Å². The zero-order chi connectivity index (χ0) is 21.9. The van der Waals surface area contributed by atoms with Crippen molar-refractivity contribution in [3.63, 3.8) is 0 Å². The summed E-state index contributed by atoms with van der Waals surface area (Å²) in [5.41, 5.74) is 3.83. The van der Waals surface area contributed by atoms with Crippen molar-refractivity contribution in [3.05, 3.63) is 101 Å². The Morgan fingerprint density at radius 2 is 0.935 bits per heavy atom. The van der Waals surface area contributed by atoms with Gasteiger partial charge in [-0.05, 0) is 75.6 Å². The average Bonchev–Trinajstić information content (AvgIpc) is 2.99. The van der Waals surface area contributed by atoms with Gasteiger partial charge in [-0.15, -0.1) is 0 Å². The number of rotatable bonds is 1. The van der Waals surface area contributed by atoms with Crippen molar-refractivity contribution in [2.45, 2.75) is 38.9 Å². The van der Waals surface area contributed by atoms with Crippen molar-refractivity contribution in [1.29, 1.82) is 0 Å². The van der Waals surface area contributed by atoms with Gasteiger partial charge in [0.2, 0.25) is 0 Å². The Balaban J connectivity index is 1.73. The molecule has 0 spiro atoms. The summed E-state index contributed by atoms with van der Waals surface area (Å²) in [6.45, 7) is 8.23. The van der Waals surface area contributed by atoms with Gasteiger partial charge in [-0.1, -0.05) is 60.1 Å². The normalized spacial score (nSPS) is 16.1. The van der Waals surface area contributed by atoms with Gasteiger partial charge < -0.3 is 9.31 Å². The first-order valence-electron chi connectivity index (χ1n) is 10.5. The lowest BCUT2D eigenvalue weighted by atomic mass is 9.77. The van der Waals surface area contributed by atoms with E-state index >= 15 is 0 Å². The predicted octanol–water partition coefficient (Wildman–Crippen LogP) is 4.79. The lowest BCUT2D eigenvalue weighted by molar-refractivity contribution is 0.00578. The zero-order valence-corrected chi connectivity index (χ0v) is 18.4. The van der Waals surface area contributed by atoms with Crippen LogP contribution in [0.25, 0.3) is 0 Å². The summed E-state index contributed by atoms with van der Waals surface area (Å²) in [6.07, 6.45) is 0. The number of benzene rings is 3. The van der Waals surface area contributed by atoms with E-state index in [1.165, 1.54) is 0 Å². The summed E-state index contributed by atoms with van der Waals surface area (Å²) in [5, 5.41) is 0. The molecule has 0 N–H and O–H groups in total. The minimum atomic E-state index is -0.458. The largest absolute Gasteiger partial charge is 0.494 e. The predicted molar refractivity (Wildman–Crippen MR) is 127 cm³/mol. The van der Waals surface area contributed by atoms with Gasteiger partial charge in [0.05, 0.1) is 11.2 Å². The highest BCUT2D eigenvalue weighted by atomic mass is 16.7. The van der Waals surface area contributed by atoms with E-state index in [-0.39, 0.29) is 0 Å². The molecule has 152 valence electrons. The Bertz CT molecular complexity index is 1100. The summed E-state index contributed by atoms with van der Waals surface area (Å²) in [5.74, 6) is 13.0. The van der Waals surface area contributed by atoms with Crippen molar-refractivity contribution in [1.82, 2.24) is 0 Å². The third-order valence-corrected chi connectivity index (χ3v) is 5.73. The summed E-state index contributed by atoms with van der Waals surface area (Å²) < 4.78 is 12.5. The van der Waals surface area contributed by atoms with E-state index in [2.05, 4.69) is 51.4 Å². The highest BCUT2D eigenvalue weighted by Crippen LogP contribution is 2.36. The maximum atomic E-state index is 6.27. The van der Waals surface area contributed by atoms with Gasteiger partial charge in [-0.3, -0.25) is 0 Å². The smallest absolute Gasteiger partial charge is 0.399 e. The van der Waals surface area contributed by atoms with Crippen molar-refractivity contribution in [3.8, 4) is 23.7 Å². The van der Waals surface area contributed by atoms with E-state index in [9.17, 15) is 0 Å². The molecule has 3 aromatic rings. The molecule has 1 fully saturated rings. The van der Waals surface area contributed by atoms with Crippen LogP contribution >= 0.6 is 0 Å². The summed E-state index contributed by atoms with van der Waals surface area (Å²) >= 11 is 0. The van der Waals surface area contributed by atoms with Crippen LogP contribution < -0.4 is 5.46 Å². The summed E-state index contributed by atoms with van der Waals surface area (Å²) in [7, 11) is -0.458. The molecule has 1 aliphatic heterocycles. The lowest BCUT2D eigenvalue weighted by Crippen LogP contribution is -2.41. The fourth-order valence-electron chi connectivity index (χ4n) is 3.24. The third kappa shape index (κ3) is 4.92. The second-order valence-electron chi connectivity index (χ2n) is 8.66. The fourth-order valence-corrected chi connectivity index (χ4v) is 3.24. The summed E-state index contributed by atoms with van der Waals surface area (Å²) in [4.78, 5) is 0. The van der Waals surface area contributed by atoms with E-state index in [0.717, 1.165) is 27.7 Å². The quantitative estimate of drug-likeness (QED) is 0.429. The Morgan fingerprint density at radius 3 is 1.35 bits per heavy atom. The SMILES string of the molecule is CC1(C)OB(c2cc(C#Cc3ccccc3)cc(C#Cc3ccccc3)c2)OC1(C)C. The first-order chi connectivity index (χ1) is 14.8. The maximum Gasteiger partial charge on any atom is 0.494 e. The number of hydrogen-bond acceptors (Lipinski definition) is 2. The Morgan fingerprint density at radius 1 is 0.548 bits per heavy atom. The molecular formula is C28H25BO2. The van der Waals surface area contributed by atoms with Gasteiger partial charge in [-0.25, -0.2) is 0 Å². The molecule has 0 aliphatic carbocycles. The summed E-state index contributed by atoms with van der Waals surface area (Å²) in [6, 6.07) is 26.0. The zero-order valence-electron chi connectivity index (χ0n) is 18.4.